The van der Waals surface area contributed by atoms with Crippen LogP contribution in [0.5, 0.6) is 11.5 Å². The van der Waals surface area contributed by atoms with Gasteiger partial charge in [-0.2, -0.15) is 0 Å². The highest BCUT2D eigenvalue weighted by Gasteiger charge is 2.44. The maximum Gasteiger partial charge on any atom is 0.319 e. The van der Waals surface area contributed by atoms with Gasteiger partial charge in [-0.15, -0.1) is 12.3 Å². The first-order valence-corrected chi connectivity index (χ1v) is 7.63. The van der Waals surface area contributed by atoms with Gasteiger partial charge in [0, 0.05) is 37.1 Å². The van der Waals surface area contributed by atoms with Gasteiger partial charge in [0.15, 0.2) is 11.5 Å². The van der Waals surface area contributed by atoms with Gasteiger partial charge in [0.25, 0.3) is 5.79 Å². The van der Waals surface area contributed by atoms with E-state index in [2.05, 4.69) is 16.6 Å². The third-order valence-corrected chi connectivity index (χ3v) is 3.96. The Hall–Kier alpha value is -2.35. The van der Waals surface area contributed by atoms with Crippen molar-refractivity contribution in [2.75, 3.05) is 5.32 Å². The second-order valence-electron chi connectivity index (χ2n) is 5.89. The molecule has 2 N–H and O–H groups in total. The van der Waals surface area contributed by atoms with E-state index < -0.39 is 5.79 Å². The molecule has 0 aromatic heterocycles. The molecule has 1 fully saturated rings. The molecule has 1 aromatic rings. The van der Waals surface area contributed by atoms with Crippen LogP contribution < -0.4 is 20.1 Å². The van der Waals surface area contributed by atoms with Gasteiger partial charge in [0.2, 0.25) is 0 Å². The van der Waals surface area contributed by atoms with E-state index in [1.165, 1.54) is 0 Å². The molecular weight excluding hydrogens is 280 g/mol. The van der Waals surface area contributed by atoms with Crippen LogP contribution in [-0.2, 0) is 0 Å². The lowest BCUT2D eigenvalue weighted by molar-refractivity contribution is -0.0716. The van der Waals surface area contributed by atoms with Crippen LogP contribution in [0.2, 0.25) is 0 Å². The number of benzene rings is 1. The standard InChI is InChI=1S/C17H20N2O3/c1-3-6-12(2)18-16(20)19-13-7-8-14-15(11-13)22-17(21-14)9-4-5-10-17/h1,7-8,11-12H,4-6,9-10H2,2H3,(H2,18,19,20)/t12-/m1/s1. The molecule has 5 heteroatoms. The Morgan fingerprint density at radius 1 is 1.36 bits per heavy atom. The summed E-state index contributed by atoms with van der Waals surface area (Å²) in [5, 5.41) is 5.57. The summed E-state index contributed by atoms with van der Waals surface area (Å²) in [6.45, 7) is 1.86. The average molecular weight is 300 g/mol. The quantitative estimate of drug-likeness (QED) is 0.842. The van der Waals surface area contributed by atoms with Crippen LogP contribution in [0.25, 0.3) is 0 Å². The predicted molar refractivity (Wildman–Crippen MR) is 84.0 cm³/mol. The molecule has 1 saturated carbocycles. The maximum atomic E-state index is 11.9. The van der Waals surface area contributed by atoms with Crippen molar-refractivity contribution in [3.63, 3.8) is 0 Å². The Balaban J connectivity index is 1.63. The van der Waals surface area contributed by atoms with Crippen molar-refractivity contribution < 1.29 is 14.3 Å². The number of amides is 2. The SMILES string of the molecule is C#CC[C@@H](C)NC(=O)Nc1ccc2c(c1)OC1(CCCC1)O2. The van der Waals surface area contributed by atoms with Crippen LogP contribution in [0.1, 0.15) is 39.0 Å². The number of terminal acetylenes is 1. The molecule has 1 aliphatic carbocycles. The number of anilines is 1. The molecule has 2 amide bonds. The van der Waals surface area contributed by atoms with Crippen molar-refractivity contribution in [3.8, 4) is 23.8 Å². The van der Waals surface area contributed by atoms with Gasteiger partial charge in [-0.1, -0.05) is 0 Å². The highest BCUT2D eigenvalue weighted by Crippen LogP contribution is 2.47. The molecule has 0 unspecified atom stereocenters. The van der Waals surface area contributed by atoms with Crippen molar-refractivity contribution in [2.24, 2.45) is 0 Å². The second kappa shape index (κ2) is 5.80. The number of hydrogen-bond acceptors (Lipinski definition) is 3. The maximum absolute atomic E-state index is 11.9. The van der Waals surface area contributed by atoms with E-state index in [4.69, 9.17) is 15.9 Å². The molecule has 1 aliphatic heterocycles. The number of hydrogen-bond donors (Lipinski definition) is 2. The molecule has 1 spiro atoms. The fourth-order valence-electron chi connectivity index (χ4n) is 2.91. The molecule has 22 heavy (non-hydrogen) atoms. The van der Waals surface area contributed by atoms with Crippen molar-refractivity contribution in [1.29, 1.82) is 0 Å². The minimum absolute atomic E-state index is 0.0687. The Bertz CT molecular complexity index is 615. The molecule has 1 aromatic carbocycles. The summed E-state index contributed by atoms with van der Waals surface area (Å²) in [7, 11) is 0. The number of ether oxygens (including phenoxy) is 2. The molecule has 2 aliphatic rings. The Labute approximate surface area is 130 Å². The lowest BCUT2D eigenvalue weighted by atomic mass is 10.2. The third-order valence-electron chi connectivity index (χ3n) is 3.96. The van der Waals surface area contributed by atoms with E-state index in [9.17, 15) is 4.79 Å². The van der Waals surface area contributed by atoms with Gasteiger partial charge < -0.3 is 20.1 Å². The van der Waals surface area contributed by atoms with Crippen LogP contribution in [0.15, 0.2) is 18.2 Å². The summed E-state index contributed by atoms with van der Waals surface area (Å²) in [6.07, 6.45) is 9.78. The van der Waals surface area contributed by atoms with E-state index in [1.54, 1.807) is 6.07 Å². The minimum atomic E-state index is -0.482. The Morgan fingerprint density at radius 3 is 2.82 bits per heavy atom. The van der Waals surface area contributed by atoms with Crippen molar-refractivity contribution in [2.45, 2.75) is 50.9 Å². The average Bonchev–Trinajstić information content (AvgIpc) is 3.05. The van der Waals surface area contributed by atoms with Crippen LogP contribution >= 0.6 is 0 Å². The van der Waals surface area contributed by atoms with Gasteiger partial charge in [-0.05, 0) is 31.9 Å². The molecule has 5 nitrogen and oxygen atoms in total. The third kappa shape index (κ3) is 2.96. The Kier molecular flexibility index (Phi) is 3.84. The highest BCUT2D eigenvalue weighted by molar-refractivity contribution is 5.89. The highest BCUT2D eigenvalue weighted by atomic mass is 16.7. The molecular formula is C17H20N2O3. The van der Waals surface area contributed by atoms with Gasteiger partial charge in [-0.3, -0.25) is 0 Å². The summed E-state index contributed by atoms with van der Waals surface area (Å²) in [5.74, 6) is 3.47. The van der Waals surface area contributed by atoms with E-state index >= 15 is 0 Å². The zero-order valence-electron chi connectivity index (χ0n) is 12.6. The zero-order chi connectivity index (χ0) is 15.6. The minimum Gasteiger partial charge on any atom is -0.448 e. The number of nitrogens with one attached hydrogen (secondary N) is 2. The molecule has 116 valence electrons. The molecule has 1 heterocycles. The first-order chi connectivity index (χ1) is 10.6. The van der Waals surface area contributed by atoms with E-state index in [1.807, 2.05) is 19.1 Å². The van der Waals surface area contributed by atoms with E-state index in [0.29, 0.717) is 17.9 Å². The molecule has 1 atom stereocenters. The lowest BCUT2D eigenvalue weighted by Gasteiger charge is -2.21. The normalized spacial score (nSPS) is 18.7. The fourth-order valence-corrected chi connectivity index (χ4v) is 2.91. The van der Waals surface area contributed by atoms with Crippen LogP contribution in [0.4, 0.5) is 10.5 Å². The van der Waals surface area contributed by atoms with Crippen molar-refractivity contribution >= 4 is 11.7 Å². The molecule has 0 radical (unpaired) electrons. The van der Waals surface area contributed by atoms with E-state index in [0.717, 1.165) is 31.4 Å². The first kappa shape index (κ1) is 14.6. The largest absolute Gasteiger partial charge is 0.448 e. The number of fused-ring (bicyclic) bond motifs is 1. The molecule has 3 rings (SSSR count). The van der Waals surface area contributed by atoms with Gasteiger partial charge in [-0.25, -0.2) is 4.79 Å². The first-order valence-electron chi connectivity index (χ1n) is 7.63. The summed E-state index contributed by atoms with van der Waals surface area (Å²) in [4.78, 5) is 11.9. The number of urea groups is 1. The van der Waals surface area contributed by atoms with Crippen LogP contribution in [0, 0.1) is 12.3 Å². The van der Waals surface area contributed by atoms with Gasteiger partial charge in [0.1, 0.15) is 0 Å². The van der Waals surface area contributed by atoms with E-state index in [-0.39, 0.29) is 12.1 Å². The zero-order valence-corrected chi connectivity index (χ0v) is 12.6. The van der Waals surface area contributed by atoms with Crippen LogP contribution in [0.3, 0.4) is 0 Å². The number of rotatable bonds is 3. The van der Waals surface area contributed by atoms with Gasteiger partial charge in [0.05, 0.1) is 0 Å². The fraction of sp³-hybridized carbons (Fsp3) is 0.471. The molecule has 0 bridgehead atoms. The summed E-state index contributed by atoms with van der Waals surface area (Å²) < 4.78 is 11.9. The summed E-state index contributed by atoms with van der Waals surface area (Å²) >= 11 is 0. The topological polar surface area (TPSA) is 59.6 Å². The van der Waals surface area contributed by atoms with Gasteiger partial charge >= 0.3 is 6.03 Å². The lowest BCUT2D eigenvalue weighted by Crippen LogP contribution is -2.35. The summed E-state index contributed by atoms with van der Waals surface area (Å²) in [5.41, 5.74) is 0.669. The van der Waals surface area contributed by atoms with Crippen molar-refractivity contribution in [3.05, 3.63) is 18.2 Å². The van der Waals surface area contributed by atoms with Crippen molar-refractivity contribution in [1.82, 2.24) is 5.32 Å². The monoisotopic (exact) mass is 300 g/mol. The summed E-state index contributed by atoms with van der Waals surface area (Å²) in [6, 6.07) is 5.09. The number of carbonyl (C=O) groups is 1. The van der Waals surface area contributed by atoms with Crippen LogP contribution in [-0.4, -0.2) is 17.9 Å². The predicted octanol–water partition coefficient (Wildman–Crippen LogP) is 3.26. The smallest absolute Gasteiger partial charge is 0.319 e. The Morgan fingerprint density at radius 2 is 2.09 bits per heavy atom. The second-order valence-corrected chi connectivity index (χ2v) is 5.89. The number of carbonyl (C=O) groups excluding carboxylic acids is 1. The molecule has 0 saturated heterocycles.